The summed E-state index contributed by atoms with van der Waals surface area (Å²) in [5.41, 5.74) is 1.99. The molecule has 2 atom stereocenters. The predicted molar refractivity (Wildman–Crippen MR) is 173 cm³/mol. The van der Waals surface area contributed by atoms with Gasteiger partial charge in [-0.2, -0.15) is 4.98 Å². The lowest BCUT2D eigenvalue weighted by atomic mass is 10.0. The van der Waals surface area contributed by atoms with E-state index in [9.17, 15) is 9.59 Å². The Kier molecular flexibility index (Phi) is 9.65. The zero-order valence-corrected chi connectivity index (χ0v) is 26.9. The molecule has 2 aromatic rings. The average Bonchev–Trinajstić information content (AvgIpc) is 3.69. The first-order valence-corrected chi connectivity index (χ1v) is 16.2. The van der Waals surface area contributed by atoms with E-state index in [1.807, 2.05) is 52.1 Å². The smallest absolute Gasteiger partial charge is 0.408 e. The molecule has 1 unspecified atom stereocenters. The summed E-state index contributed by atoms with van der Waals surface area (Å²) in [5.74, 6) is 1.95. The van der Waals surface area contributed by atoms with Gasteiger partial charge in [-0.3, -0.25) is 4.79 Å². The highest BCUT2D eigenvalue weighted by atomic mass is 16.6. The summed E-state index contributed by atoms with van der Waals surface area (Å²) in [5, 5.41) is 6.32. The number of carbonyl (C=O) groups is 2. The van der Waals surface area contributed by atoms with Gasteiger partial charge in [-0.25, -0.2) is 9.78 Å². The first kappa shape index (κ1) is 31.6. The zero-order valence-electron chi connectivity index (χ0n) is 26.9. The molecule has 2 heterocycles. The number of fused-ring (bicyclic) bond motifs is 1. The first-order valence-electron chi connectivity index (χ1n) is 16.2. The molecule has 0 saturated heterocycles. The van der Waals surface area contributed by atoms with Crippen LogP contribution in [0.15, 0.2) is 42.8 Å². The van der Waals surface area contributed by atoms with Crippen molar-refractivity contribution >= 4 is 35.1 Å². The van der Waals surface area contributed by atoms with Crippen molar-refractivity contribution in [2.24, 2.45) is 0 Å². The highest BCUT2D eigenvalue weighted by molar-refractivity contribution is 6.04. The normalized spacial score (nSPS) is 19.9. The van der Waals surface area contributed by atoms with Crippen LogP contribution in [0.2, 0.25) is 0 Å². The number of rotatable bonds is 10. The van der Waals surface area contributed by atoms with Gasteiger partial charge in [0.1, 0.15) is 23.1 Å². The molecule has 2 saturated carbocycles. The number of hydrogen-bond acceptors (Lipinski definition) is 8. The van der Waals surface area contributed by atoms with Crippen LogP contribution >= 0.6 is 0 Å². The maximum absolute atomic E-state index is 13.2. The fourth-order valence-corrected chi connectivity index (χ4v) is 6.53. The number of nitrogens with zero attached hydrogens (tertiary/aromatic N) is 4. The number of amides is 2. The molecular formula is C34H48N6O4. The Labute approximate surface area is 261 Å². The molecule has 0 spiro atoms. The average molecular weight is 605 g/mol. The number of hydrogen-bond donors (Lipinski definition) is 2. The molecular weight excluding hydrogens is 556 g/mol. The zero-order chi connectivity index (χ0) is 31.4. The van der Waals surface area contributed by atoms with Gasteiger partial charge >= 0.3 is 6.09 Å². The van der Waals surface area contributed by atoms with Crippen LogP contribution in [0, 0.1) is 0 Å². The predicted octanol–water partition coefficient (Wildman–Crippen LogP) is 6.63. The maximum atomic E-state index is 13.2. The topological polar surface area (TPSA) is 109 Å². The van der Waals surface area contributed by atoms with Gasteiger partial charge in [-0.05, 0) is 89.8 Å². The molecule has 1 aromatic carbocycles. The van der Waals surface area contributed by atoms with Gasteiger partial charge < -0.3 is 29.9 Å². The van der Waals surface area contributed by atoms with E-state index in [0.29, 0.717) is 24.2 Å². The molecule has 44 heavy (non-hydrogen) atoms. The van der Waals surface area contributed by atoms with E-state index >= 15 is 0 Å². The van der Waals surface area contributed by atoms with Gasteiger partial charge in [0.25, 0.3) is 0 Å². The third-order valence-corrected chi connectivity index (χ3v) is 8.76. The number of likely N-dealkylation sites (N-methyl/N-ethyl adjacent to an activating group) is 1. The van der Waals surface area contributed by atoms with Crippen molar-refractivity contribution in [3.8, 4) is 0 Å². The number of nitrogens with one attached hydrogen (secondary N) is 2. The highest BCUT2D eigenvalue weighted by Crippen LogP contribution is 2.40. The fraction of sp³-hybridized carbons (Fsp3) is 0.588. The Morgan fingerprint density at radius 1 is 1.09 bits per heavy atom. The molecule has 10 nitrogen and oxygen atoms in total. The van der Waals surface area contributed by atoms with Gasteiger partial charge in [0.15, 0.2) is 5.82 Å². The Hall–Kier alpha value is -3.82. The Morgan fingerprint density at radius 3 is 2.39 bits per heavy atom. The standard InChI is InChI=1S/C34H48N6O4/c1-7-28-31(41)39(6)29-21-35-32(38-30(29)40(28)25-12-8-9-13-25)36-24-18-16-23(17-19-24)20-27(37-33(42)44-34(3,4)5)22(2)43-26-14-10-11-15-26/h16-19,21,25-28H,2,7-15,20H2,1,3-6H3,(H,37,42)(H,35,36,38)/t27-,28?/m0/s1. The Balaban J connectivity index is 1.30. The second-order valence-electron chi connectivity index (χ2n) is 13.3. The van der Waals surface area contributed by atoms with Crippen LogP contribution in [0.1, 0.15) is 91.0 Å². The molecule has 2 aliphatic carbocycles. The van der Waals surface area contributed by atoms with Crippen molar-refractivity contribution in [3.63, 3.8) is 0 Å². The van der Waals surface area contributed by atoms with Crippen LogP contribution in [-0.2, 0) is 20.7 Å². The SMILES string of the molecule is C=C(OC1CCCC1)[C@H](Cc1ccc(Nc2ncc3c(n2)N(C2CCCC2)C(CC)C(=O)N3C)cc1)NC(=O)OC(C)(C)C. The molecule has 2 N–H and O–H groups in total. The number of alkyl carbamates (subject to hydrolysis) is 1. The van der Waals surface area contributed by atoms with Crippen LogP contribution in [0.25, 0.3) is 0 Å². The van der Waals surface area contributed by atoms with Crippen LogP contribution < -0.4 is 20.4 Å². The lowest BCUT2D eigenvalue weighted by Gasteiger charge is -2.43. The summed E-state index contributed by atoms with van der Waals surface area (Å²) in [4.78, 5) is 39.3. The van der Waals surface area contributed by atoms with E-state index in [2.05, 4.69) is 34.0 Å². The quantitative estimate of drug-likeness (QED) is 0.291. The second kappa shape index (κ2) is 13.4. The minimum Gasteiger partial charge on any atom is -0.493 e. The van der Waals surface area contributed by atoms with Crippen LogP contribution in [0.3, 0.4) is 0 Å². The minimum atomic E-state index is -0.606. The van der Waals surface area contributed by atoms with Gasteiger partial charge in [0.2, 0.25) is 11.9 Å². The summed E-state index contributed by atoms with van der Waals surface area (Å²) >= 11 is 0. The van der Waals surface area contributed by atoms with Gasteiger partial charge in [-0.1, -0.05) is 38.5 Å². The monoisotopic (exact) mass is 604 g/mol. The van der Waals surface area contributed by atoms with Crippen molar-refractivity contribution < 1.29 is 19.1 Å². The summed E-state index contributed by atoms with van der Waals surface area (Å²) in [6.07, 6.45) is 11.4. The van der Waals surface area contributed by atoms with Crippen LogP contribution in [0.5, 0.6) is 0 Å². The minimum absolute atomic E-state index is 0.0996. The first-order chi connectivity index (χ1) is 21.0. The van der Waals surface area contributed by atoms with Crippen molar-refractivity contribution in [2.45, 2.75) is 122 Å². The van der Waals surface area contributed by atoms with Gasteiger partial charge in [0.05, 0.1) is 18.3 Å². The largest absolute Gasteiger partial charge is 0.493 e. The summed E-state index contributed by atoms with van der Waals surface area (Å²) < 4.78 is 11.7. The molecule has 238 valence electrons. The van der Waals surface area contributed by atoms with Crippen LogP contribution in [0.4, 0.5) is 27.9 Å². The highest BCUT2D eigenvalue weighted by Gasteiger charge is 2.41. The Bertz CT molecular complexity index is 1330. The number of aromatic nitrogens is 2. The van der Waals surface area contributed by atoms with Crippen molar-refractivity contribution in [2.75, 3.05) is 22.2 Å². The number of benzene rings is 1. The van der Waals surface area contributed by atoms with E-state index < -0.39 is 17.7 Å². The fourth-order valence-electron chi connectivity index (χ4n) is 6.53. The third kappa shape index (κ3) is 7.45. The summed E-state index contributed by atoms with van der Waals surface area (Å²) in [7, 11) is 1.81. The Morgan fingerprint density at radius 2 is 1.75 bits per heavy atom. The number of carbonyl (C=O) groups excluding carboxylic acids is 2. The molecule has 0 bridgehead atoms. The lowest BCUT2D eigenvalue weighted by molar-refractivity contribution is -0.120. The molecule has 3 aliphatic rings. The van der Waals surface area contributed by atoms with E-state index in [1.165, 1.54) is 12.8 Å². The van der Waals surface area contributed by atoms with Crippen LogP contribution in [-0.4, -0.2) is 58.8 Å². The molecule has 1 aliphatic heterocycles. The van der Waals surface area contributed by atoms with Gasteiger partial charge in [-0.15, -0.1) is 0 Å². The summed E-state index contributed by atoms with van der Waals surface area (Å²) in [6, 6.07) is 7.64. The molecule has 5 rings (SSSR count). The lowest BCUT2D eigenvalue weighted by Crippen LogP contribution is -2.55. The van der Waals surface area contributed by atoms with Crippen molar-refractivity contribution in [3.05, 3.63) is 48.4 Å². The molecule has 10 heteroatoms. The molecule has 1 aromatic heterocycles. The van der Waals surface area contributed by atoms with E-state index in [0.717, 1.165) is 67.7 Å². The summed E-state index contributed by atoms with van der Waals surface area (Å²) in [6.45, 7) is 11.8. The van der Waals surface area contributed by atoms with E-state index in [1.54, 1.807) is 11.1 Å². The van der Waals surface area contributed by atoms with E-state index in [4.69, 9.17) is 14.5 Å². The third-order valence-electron chi connectivity index (χ3n) is 8.76. The molecule has 2 amide bonds. The number of ether oxygens (including phenoxy) is 2. The van der Waals surface area contributed by atoms with E-state index in [-0.39, 0.29) is 18.1 Å². The number of anilines is 4. The maximum Gasteiger partial charge on any atom is 0.408 e. The van der Waals surface area contributed by atoms with Gasteiger partial charge in [0, 0.05) is 18.8 Å². The molecule has 0 radical (unpaired) electrons. The van der Waals surface area contributed by atoms with Crippen molar-refractivity contribution in [1.82, 2.24) is 15.3 Å². The second-order valence-corrected chi connectivity index (χ2v) is 13.3. The molecule has 2 fully saturated rings. The van der Waals surface area contributed by atoms with Crippen molar-refractivity contribution in [1.29, 1.82) is 0 Å².